The van der Waals surface area contributed by atoms with Crippen LogP contribution in [0.2, 0.25) is 0 Å². The summed E-state index contributed by atoms with van der Waals surface area (Å²) in [6.07, 6.45) is 8.61. The number of esters is 1. The van der Waals surface area contributed by atoms with Crippen LogP contribution in [0.1, 0.15) is 71.8 Å². The molecule has 4 fully saturated rings. The number of rotatable bonds is 8. The van der Waals surface area contributed by atoms with Crippen LogP contribution >= 0.6 is 0 Å². The fraction of sp³-hybridized carbons (Fsp3) is 0.739. The predicted molar refractivity (Wildman–Crippen MR) is 115 cm³/mol. The lowest BCUT2D eigenvalue weighted by Gasteiger charge is -2.56. The zero-order valence-electron chi connectivity index (χ0n) is 18.7. The Balaban J connectivity index is 1.21. The molecule has 4 saturated carbocycles. The number of carbonyl (C=O) groups is 3. The summed E-state index contributed by atoms with van der Waals surface area (Å²) in [5.41, 5.74) is 0.134. The molecule has 0 aromatic carbocycles. The molecule has 4 aliphatic rings. The molecule has 5 rings (SSSR count). The van der Waals surface area contributed by atoms with Crippen LogP contribution in [0.3, 0.4) is 0 Å². The van der Waals surface area contributed by atoms with Gasteiger partial charge in [0.1, 0.15) is 12.4 Å². The van der Waals surface area contributed by atoms with Gasteiger partial charge in [0.2, 0.25) is 5.91 Å². The van der Waals surface area contributed by atoms with Crippen molar-refractivity contribution in [2.45, 2.75) is 77.9 Å². The Morgan fingerprint density at radius 3 is 2.32 bits per heavy atom. The Labute approximate surface area is 183 Å². The van der Waals surface area contributed by atoms with E-state index in [-0.39, 0.29) is 23.9 Å². The summed E-state index contributed by atoms with van der Waals surface area (Å²) < 4.78 is 6.89. The molecule has 1 heterocycles. The Kier molecular flexibility index (Phi) is 6.08. The summed E-state index contributed by atoms with van der Waals surface area (Å²) in [5, 5.41) is 9.60. The van der Waals surface area contributed by atoms with Crippen molar-refractivity contribution < 1.29 is 19.1 Å². The van der Waals surface area contributed by atoms with Gasteiger partial charge in [-0.25, -0.2) is 4.68 Å². The van der Waals surface area contributed by atoms with Gasteiger partial charge in [-0.1, -0.05) is 0 Å². The maximum atomic E-state index is 12.6. The van der Waals surface area contributed by atoms with E-state index in [1.54, 1.807) is 16.9 Å². The lowest BCUT2D eigenvalue weighted by atomic mass is 9.49. The molecule has 170 valence electrons. The van der Waals surface area contributed by atoms with Crippen LogP contribution < -0.4 is 10.6 Å². The van der Waals surface area contributed by atoms with Crippen LogP contribution in [0.15, 0.2) is 12.3 Å². The molecule has 0 unspecified atom stereocenters. The molecule has 4 bridgehead atoms. The fourth-order valence-electron chi connectivity index (χ4n) is 6.43. The third-order valence-corrected chi connectivity index (χ3v) is 7.22. The maximum absolute atomic E-state index is 12.6. The normalized spacial score (nSPS) is 29.6. The first-order valence-electron chi connectivity index (χ1n) is 11.5. The van der Waals surface area contributed by atoms with Crippen molar-refractivity contribution in [3.8, 4) is 0 Å². The molecule has 2 N–H and O–H groups in total. The Morgan fingerprint density at radius 2 is 1.74 bits per heavy atom. The van der Waals surface area contributed by atoms with E-state index in [9.17, 15) is 14.4 Å². The smallest absolute Gasteiger partial charge is 0.326 e. The van der Waals surface area contributed by atoms with Crippen LogP contribution in [0.4, 0.5) is 5.82 Å². The van der Waals surface area contributed by atoms with E-state index in [2.05, 4.69) is 15.7 Å². The number of nitrogens with zero attached hydrogens (tertiary/aromatic N) is 2. The maximum Gasteiger partial charge on any atom is 0.326 e. The summed E-state index contributed by atoms with van der Waals surface area (Å²) in [4.78, 5) is 37.1. The van der Waals surface area contributed by atoms with Crippen LogP contribution in [-0.4, -0.2) is 40.2 Å². The Bertz CT molecular complexity index is 811. The minimum atomic E-state index is -0.969. The van der Waals surface area contributed by atoms with E-state index in [1.807, 2.05) is 13.8 Å². The molecule has 0 aliphatic heterocycles. The second kappa shape index (κ2) is 8.63. The number of anilines is 1. The molecule has 0 radical (unpaired) electrons. The number of nitrogens with one attached hydrogen (secondary N) is 2. The van der Waals surface area contributed by atoms with E-state index in [4.69, 9.17) is 4.74 Å². The highest BCUT2D eigenvalue weighted by atomic mass is 16.5. The van der Waals surface area contributed by atoms with Crippen molar-refractivity contribution in [1.82, 2.24) is 15.1 Å². The largest absolute Gasteiger partial charge is 0.451 e. The number of carbonyl (C=O) groups excluding carboxylic acids is 3. The van der Waals surface area contributed by atoms with Crippen LogP contribution in [0.25, 0.3) is 0 Å². The average molecular weight is 431 g/mol. The predicted octanol–water partition coefficient (Wildman–Crippen LogP) is 3.06. The van der Waals surface area contributed by atoms with Crippen LogP contribution in [0, 0.1) is 23.2 Å². The van der Waals surface area contributed by atoms with Crippen molar-refractivity contribution in [2.24, 2.45) is 23.2 Å². The third kappa shape index (κ3) is 4.93. The van der Waals surface area contributed by atoms with Gasteiger partial charge in [-0.15, -0.1) is 0 Å². The van der Waals surface area contributed by atoms with Gasteiger partial charge < -0.3 is 15.4 Å². The van der Waals surface area contributed by atoms with E-state index in [0.29, 0.717) is 12.2 Å². The monoisotopic (exact) mass is 430 g/mol. The summed E-state index contributed by atoms with van der Waals surface area (Å²) in [6.45, 7) is 5.21. The highest BCUT2D eigenvalue weighted by Gasteiger charge is 2.51. The zero-order chi connectivity index (χ0) is 22.2. The lowest BCUT2D eigenvalue weighted by molar-refractivity contribution is -0.153. The molecule has 31 heavy (non-hydrogen) atoms. The lowest BCUT2D eigenvalue weighted by Crippen LogP contribution is -2.48. The average Bonchev–Trinajstić information content (AvgIpc) is 3.13. The first-order chi connectivity index (χ1) is 14.7. The van der Waals surface area contributed by atoms with Gasteiger partial charge in [-0.05, 0) is 82.5 Å². The van der Waals surface area contributed by atoms with Gasteiger partial charge in [0.15, 0.2) is 6.10 Å². The van der Waals surface area contributed by atoms with E-state index >= 15 is 0 Å². The van der Waals surface area contributed by atoms with E-state index < -0.39 is 18.0 Å². The minimum Gasteiger partial charge on any atom is -0.451 e. The second-order valence-electron chi connectivity index (χ2n) is 10.2. The third-order valence-electron chi connectivity index (χ3n) is 7.22. The van der Waals surface area contributed by atoms with E-state index in [0.717, 1.165) is 37.0 Å². The van der Waals surface area contributed by atoms with E-state index in [1.165, 1.54) is 26.2 Å². The molecular weight excluding hydrogens is 396 g/mol. The van der Waals surface area contributed by atoms with Crippen LogP contribution in [0.5, 0.6) is 0 Å². The zero-order valence-corrected chi connectivity index (χ0v) is 18.7. The van der Waals surface area contributed by atoms with Gasteiger partial charge in [0, 0.05) is 18.5 Å². The van der Waals surface area contributed by atoms with Crippen molar-refractivity contribution >= 4 is 23.6 Å². The first kappa shape index (κ1) is 21.8. The quantitative estimate of drug-likeness (QED) is 0.617. The minimum absolute atomic E-state index is 0.0863. The molecule has 1 aromatic heterocycles. The highest BCUT2D eigenvalue weighted by molar-refractivity contribution is 5.94. The summed E-state index contributed by atoms with van der Waals surface area (Å²) >= 11 is 0. The second-order valence-corrected chi connectivity index (χ2v) is 10.2. The van der Waals surface area contributed by atoms with Crippen molar-refractivity contribution in [2.75, 3.05) is 11.9 Å². The van der Waals surface area contributed by atoms with Crippen LogP contribution in [-0.2, 0) is 19.1 Å². The van der Waals surface area contributed by atoms with Gasteiger partial charge in [0.25, 0.3) is 5.91 Å². The summed E-state index contributed by atoms with van der Waals surface area (Å²) in [5.74, 6) is 1.78. The molecule has 2 amide bonds. The van der Waals surface area contributed by atoms with Crippen molar-refractivity contribution in [1.29, 1.82) is 0 Å². The van der Waals surface area contributed by atoms with Gasteiger partial charge >= 0.3 is 5.97 Å². The summed E-state index contributed by atoms with van der Waals surface area (Å²) in [6, 6.07) is 1.78. The number of aromatic nitrogens is 2. The number of hydrogen-bond acceptors (Lipinski definition) is 5. The Morgan fingerprint density at radius 1 is 1.13 bits per heavy atom. The van der Waals surface area contributed by atoms with Gasteiger partial charge in [-0.2, -0.15) is 5.10 Å². The molecule has 4 aliphatic carbocycles. The molecule has 8 nitrogen and oxygen atoms in total. The molecule has 8 heteroatoms. The number of hydrogen-bond donors (Lipinski definition) is 2. The molecule has 0 saturated heterocycles. The topological polar surface area (TPSA) is 102 Å². The Hall–Kier alpha value is -2.38. The molecule has 0 spiro atoms. The first-order valence-corrected chi connectivity index (χ1v) is 11.5. The molecule has 1 atom stereocenters. The molecular formula is C23H34N4O4. The number of ether oxygens (including phenoxy) is 1. The van der Waals surface area contributed by atoms with Gasteiger partial charge in [-0.3, -0.25) is 14.4 Å². The van der Waals surface area contributed by atoms with Crippen molar-refractivity contribution in [3.63, 3.8) is 0 Å². The number of amides is 2. The van der Waals surface area contributed by atoms with Crippen molar-refractivity contribution in [3.05, 3.63) is 12.3 Å². The SMILES string of the molecule is CC(C)n1nccc1NC(=O)[C@H](C)OC(=O)CNC(=O)CC12CC3CC(CC(C3)C1)C2. The highest BCUT2D eigenvalue weighted by Crippen LogP contribution is 2.61. The summed E-state index contributed by atoms with van der Waals surface area (Å²) in [7, 11) is 0. The fourth-order valence-corrected chi connectivity index (χ4v) is 6.43. The molecule has 1 aromatic rings. The van der Waals surface area contributed by atoms with Gasteiger partial charge in [0.05, 0.1) is 6.20 Å². The standard InChI is InChI=1S/C23H34N4O4/c1-14(2)27-19(4-5-25-27)26-22(30)15(3)31-21(29)13-24-20(28)12-23-9-16-6-17(10-23)8-18(7-16)11-23/h4-5,14-18H,6-13H2,1-3H3,(H,24,28)(H,26,30)/t15-,16?,17?,18?,23?/m0/s1.